The molecule has 3 rings (SSSR count). The van der Waals surface area contributed by atoms with Gasteiger partial charge in [-0.05, 0) is 47.9 Å². The number of amides is 2. The number of anilines is 1. The zero-order valence-electron chi connectivity index (χ0n) is 23.6. The van der Waals surface area contributed by atoms with Gasteiger partial charge in [-0.2, -0.15) is 13.2 Å². The molecule has 7 nitrogen and oxygen atoms in total. The molecule has 1 N–H and O–H groups in total. The van der Waals surface area contributed by atoms with Gasteiger partial charge in [-0.25, -0.2) is 8.42 Å². The average molecular weight is 659 g/mol. The van der Waals surface area contributed by atoms with Crippen LogP contribution in [-0.4, -0.2) is 50.5 Å². The zero-order valence-corrected chi connectivity index (χ0v) is 25.9. The van der Waals surface area contributed by atoms with Gasteiger partial charge in [0.25, 0.3) is 0 Å². The molecule has 0 saturated carbocycles. The molecule has 43 heavy (non-hydrogen) atoms. The SMILES string of the molecule is CCCCNC(=O)C(Cc1ccccc1)N(Cc1ccc(Cl)c(Cl)c1)C(=O)CN(c1cccc(C(F)(F)F)c1)S(C)(=O)=O. The van der Waals surface area contributed by atoms with Crippen molar-refractivity contribution in [1.29, 1.82) is 0 Å². The molecule has 3 aromatic carbocycles. The molecule has 1 unspecified atom stereocenters. The molecule has 1 atom stereocenters. The van der Waals surface area contributed by atoms with Crippen LogP contribution in [0.2, 0.25) is 10.0 Å². The number of carbonyl (C=O) groups excluding carboxylic acids is 2. The third kappa shape index (κ3) is 9.87. The molecule has 232 valence electrons. The number of nitrogens with one attached hydrogen (secondary N) is 1. The van der Waals surface area contributed by atoms with E-state index in [9.17, 15) is 31.2 Å². The van der Waals surface area contributed by atoms with Crippen LogP contribution in [0.5, 0.6) is 0 Å². The maximum atomic E-state index is 14.0. The Morgan fingerprint density at radius 2 is 1.63 bits per heavy atom. The van der Waals surface area contributed by atoms with Gasteiger partial charge < -0.3 is 10.2 Å². The Bertz CT molecular complexity index is 1520. The summed E-state index contributed by atoms with van der Waals surface area (Å²) >= 11 is 12.3. The summed E-state index contributed by atoms with van der Waals surface area (Å²) in [7, 11) is -4.24. The molecular formula is C30H32Cl2F3N3O4S. The van der Waals surface area contributed by atoms with Gasteiger partial charge in [0.15, 0.2) is 0 Å². The number of halogens is 5. The summed E-state index contributed by atoms with van der Waals surface area (Å²) in [5, 5.41) is 3.33. The number of rotatable bonds is 13. The molecule has 0 aliphatic carbocycles. The Kier molecular flexibility index (Phi) is 11.9. The summed E-state index contributed by atoms with van der Waals surface area (Å²) in [6.45, 7) is 1.31. The first-order valence-electron chi connectivity index (χ1n) is 13.4. The number of unbranched alkanes of at least 4 members (excludes halogenated alkanes) is 1. The minimum Gasteiger partial charge on any atom is -0.354 e. The molecule has 0 heterocycles. The largest absolute Gasteiger partial charge is 0.416 e. The van der Waals surface area contributed by atoms with E-state index in [2.05, 4.69) is 5.32 Å². The van der Waals surface area contributed by atoms with E-state index in [-0.39, 0.29) is 28.7 Å². The van der Waals surface area contributed by atoms with Crippen molar-refractivity contribution in [1.82, 2.24) is 10.2 Å². The van der Waals surface area contributed by atoms with Gasteiger partial charge in [0.1, 0.15) is 12.6 Å². The molecule has 3 aromatic rings. The average Bonchev–Trinajstić information content (AvgIpc) is 2.95. The molecule has 0 aromatic heterocycles. The van der Waals surface area contributed by atoms with E-state index in [1.807, 2.05) is 6.92 Å². The minimum atomic E-state index is -4.74. The van der Waals surface area contributed by atoms with Gasteiger partial charge in [0.05, 0.1) is 27.6 Å². The number of hydrogen-bond donors (Lipinski definition) is 1. The minimum absolute atomic E-state index is 0.0916. The molecule has 2 amide bonds. The van der Waals surface area contributed by atoms with Gasteiger partial charge >= 0.3 is 6.18 Å². The number of alkyl halides is 3. The number of carbonyl (C=O) groups is 2. The van der Waals surface area contributed by atoms with Crippen LogP contribution in [0.1, 0.15) is 36.5 Å². The third-order valence-corrected chi connectivity index (χ3v) is 8.46. The Morgan fingerprint density at radius 3 is 2.23 bits per heavy atom. The fourth-order valence-corrected chi connectivity index (χ4v) is 5.51. The van der Waals surface area contributed by atoms with E-state index >= 15 is 0 Å². The smallest absolute Gasteiger partial charge is 0.354 e. The van der Waals surface area contributed by atoms with Crippen molar-refractivity contribution in [3.63, 3.8) is 0 Å². The highest BCUT2D eigenvalue weighted by atomic mass is 35.5. The van der Waals surface area contributed by atoms with Gasteiger partial charge in [-0.1, -0.05) is 79.0 Å². The predicted octanol–water partition coefficient (Wildman–Crippen LogP) is 6.33. The number of sulfonamides is 1. The standard InChI is InChI=1S/C30H32Cl2F3N3O4S/c1-3-4-15-36-29(40)27(17-21-9-6-5-7-10-21)37(19-22-13-14-25(31)26(32)16-22)28(39)20-38(43(2,41)42)24-12-8-11-23(18-24)30(33,34)35/h5-14,16,18,27H,3-4,15,17,19-20H2,1-2H3,(H,36,40). The van der Waals surface area contributed by atoms with Crippen LogP contribution in [0.4, 0.5) is 18.9 Å². The lowest BCUT2D eigenvalue weighted by molar-refractivity contribution is -0.140. The first-order chi connectivity index (χ1) is 20.2. The maximum Gasteiger partial charge on any atom is 0.416 e. The first kappa shape index (κ1) is 34.2. The molecule has 0 aliphatic rings. The van der Waals surface area contributed by atoms with Crippen LogP contribution in [0.15, 0.2) is 72.8 Å². The zero-order chi connectivity index (χ0) is 31.8. The summed E-state index contributed by atoms with van der Waals surface area (Å²) in [5.74, 6) is -1.27. The van der Waals surface area contributed by atoms with Crippen molar-refractivity contribution in [3.05, 3.63) is 99.5 Å². The lowest BCUT2D eigenvalue weighted by atomic mass is 10.0. The fourth-order valence-electron chi connectivity index (χ4n) is 4.35. The van der Waals surface area contributed by atoms with Crippen molar-refractivity contribution in [2.75, 3.05) is 23.7 Å². The highest BCUT2D eigenvalue weighted by Gasteiger charge is 2.35. The first-order valence-corrected chi connectivity index (χ1v) is 16.0. The Balaban J connectivity index is 2.08. The van der Waals surface area contributed by atoms with E-state index < -0.39 is 46.2 Å². The van der Waals surface area contributed by atoms with Crippen molar-refractivity contribution in [2.24, 2.45) is 0 Å². The second-order valence-corrected chi connectivity index (χ2v) is 12.7. The topological polar surface area (TPSA) is 86.8 Å². The predicted molar refractivity (Wildman–Crippen MR) is 162 cm³/mol. The second kappa shape index (κ2) is 14.9. The normalized spacial score (nSPS) is 12.4. The van der Waals surface area contributed by atoms with Crippen LogP contribution in [0, 0.1) is 0 Å². The van der Waals surface area contributed by atoms with Gasteiger partial charge in [0, 0.05) is 19.5 Å². The van der Waals surface area contributed by atoms with E-state index in [4.69, 9.17) is 23.2 Å². The Labute approximate surface area is 259 Å². The summed E-state index contributed by atoms with van der Waals surface area (Å²) in [6, 6.07) is 16.2. The summed E-state index contributed by atoms with van der Waals surface area (Å²) < 4.78 is 66.6. The molecule has 0 saturated heterocycles. The highest BCUT2D eigenvalue weighted by Crippen LogP contribution is 2.32. The molecule has 0 radical (unpaired) electrons. The maximum absolute atomic E-state index is 14.0. The van der Waals surface area contributed by atoms with E-state index in [1.54, 1.807) is 36.4 Å². The van der Waals surface area contributed by atoms with Crippen LogP contribution in [-0.2, 0) is 38.8 Å². The number of hydrogen-bond acceptors (Lipinski definition) is 4. The third-order valence-electron chi connectivity index (χ3n) is 6.58. The lowest BCUT2D eigenvalue weighted by Gasteiger charge is -2.33. The molecule has 0 aliphatic heterocycles. The molecule has 13 heteroatoms. The number of benzene rings is 3. The van der Waals surface area contributed by atoms with Gasteiger partial charge in [-0.15, -0.1) is 0 Å². The highest BCUT2D eigenvalue weighted by molar-refractivity contribution is 7.92. The Morgan fingerprint density at radius 1 is 0.930 bits per heavy atom. The quantitative estimate of drug-likeness (QED) is 0.218. The van der Waals surface area contributed by atoms with Gasteiger partial charge in [-0.3, -0.25) is 13.9 Å². The monoisotopic (exact) mass is 657 g/mol. The van der Waals surface area contributed by atoms with E-state index in [0.717, 1.165) is 30.4 Å². The van der Waals surface area contributed by atoms with E-state index in [1.165, 1.54) is 23.1 Å². The fraction of sp³-hybridized carbons (Fsp3) is 0.333. The molecule has 0 bridgehead atoms. The summed E-state index contributed by atoms with van der Waals surface area (Å²) in [5.41, 5.74) is -0.168. The van der Waals surface area contributed by atoms with Gasteiger partial charge in [0.2, 0.25) is 21.8 Å². The lowest BCUT2D eigenvalue weighted by Crippen LogP contribution is -2.53. The van der Waals surface area contributed by atoms with Crippen LogP contribution in [0.3, 0.4) is 0 Å². The second-order valence-electron chi connectivity index (χ2n) is 9.94. The Hall–Kier alpha value is -3.28. The summed E-state index contributed by atoms with van der Waals surface area (Å²) in [4.78, 5) is 28.8. The van der Waals surface area contributed by atoms with Crippen LogP contribution in [0.25, 0.3) is 0 Å². The summed E-state index contributed by atoms with van der Waals surface area (Å²) in [6.07, 6.45) is -2.34. The van der Waals surface area contributed by atoms with Crippen LogP contribution < -0.4 is 9.62 Å². The van der Waals surface area contributed by atoms with E-state index in [0.29, 0.717) is 28.9 Å². The number of nitrogens with zero attached hydrogens (tertiary/aromatic N) is 2. The van der Waals surface area contributed by atoms with Crippen molar-refractivity contribution >= 4 is 50.7 Å². The van der Waals surface area contributed by atoms with Crippen molar-refractivity contribution in [3.8, 4) is 0 Å². The van der Waals surface area contributed by atoms with Crippen molar-refractivity contribution in [2.45, 2.75) is 44.9 Å². The van der Waals surface area contributed by atoms with Crippen molar-refractivity contribution < 1.29 is 31.2 Å². The molecule has 0 spiro atoms. The molecule has 0 fully saturated rings. The molecular weight excluding hydrogens is 626 g/mol. The van der Waals surface area contributed by atoms with Crippen LogP contribution >= 0.6 is 23.2 Å².